The molecule has 1 heterocycles. The Morgan fingerprint density at radius 2 is 2.14 bits per heavy atom. The first-order chi connectivity index (χ1) is 10.3. The summed E-state index contributed by atoms with van der Waals surface area (Å²) in [6.07, 6.45) is 3.85. The highest BCUT2D eigenvalue weighted by Gasteiger charge is 2.23. The van der Waals surface area contributed by atoms with Crippen molar-refractivity contribution in [1.82, 2.24) is 10.2 Å². The maximum absolute atomic E-state index is 5.52. The van der Waals surface area contributed by atoms with E-state index in [1.807, 2.05) is 7.11 Å². The average molecular weight is 290 g/mol. The summed E-state index contributed by atoms with van der Waals surface area (Å²) >= 11 is 0. The molecular formula is C18H30N2O. The number of hydrogen-bond donors (Lipinski definition) is 1. The van der Waals surface area contributed by atoms with Crippen LogP contribution in [0.15, 0.2) is 30.3 Å². The second kappa shape index (κ2) is 9.19. The summed E-state index contributed by atoms with van der Waals surface area (Å²) in [7, 11) is 1.81. The first kappa shape index (κ1) is 16.5. The van der Waals surface area contributed by atoms with Crippen molar-refractivity contribution in [2.75, 3.05) is 39.9 Å². The Labute approximate surface area is 129 Å². The molecule has 0 aliphatic carbocycles. The van der Waals surface area contributed by atoms with Gasteiger partial charge in [-0.25, -0.2) is 0 Å². The van der Waals surface area contributed by atoms with Crippen LogP contribution >= 0.6 is 0 Å². The number of ether oxygens (including phenoxy) is 1. The number of nitrogens with zero attached hydrogens (tertiary/aromatic N) is 1. The summed E-state index contributed by atoms with van der Waals surface area (Å²) in [5.41, 5.74) is 1.37. The zero-order chi connectivity index (χ0) is 14.9. The summed E-state index contributed by atoms with van der Waals surface area (Å²) in [6.45, 7) is 7.69. The molecule has 0 aromatic heterocycles. The van der Waals surface area contributed by atoms with Crippen molar-refractivity contribution >= 4 is 0 Å². The first-order valence-corrected chi connectivity index (χ1v) is 8.33. The molecule has 0 amide bonds. The van der Waals surface area contributed by atoms with Crippen LogP contribution in [-0.4, -0.2) is 44.8 Å². The predicted molar refractivity (Wildman–Crippen MR) is 88.5 cm³/mol. The van der Waals surface area contributed by atoms with Crippen molar-refractivity contribution < 1.29 is 4.74 Å². The van der Waals surface area contributed by atoms with Gasteiger partial charge in [0.15, 0.2) is 0 Å². The maximum Gasteiger partial charge on any atom is 0.0659 e. The fourth-order valence-electron chi connectivity index (χ4n) is 3.32. The molecule has 0 bridgehead atoms. The lowest BCUT2D eigenvalue weighted by Gasteiger charge is -2.35. The summed E-state index contributed by atoms with van der Waals surface area (Å²) in [4.78, 5) is 2.62. The smallest absolute Gasteiger partial charge is 0.0659 e. The molecule has 1 N–H and O–H groups in total. The van der Waals surface area contributed by atoms with Crippen LogP contribution in [0.3, 0.4) is 0 Å². The monoisotopic (exact) mass is 290 g/mol. The summed E-state index contributed by atoms with van der Waals surface area (Å²) < 4.78 is 5.52. The van der Waals surface area contributed by atoms with E-state index in [1.165, 1.54) is 37.9 Å². The molecule has 1 aliphatic heterocycles. The minimum Gasteiger partial charge on any atom is -0.383 e. The van der Waals surface area contributed by atoms with E-state index in [0.717, 1.165) is 25.6 Å². The van der Waals surface area contributed by atoms with E-state index in [9.17, 15) is 0 Å². The molecule has 2 rings (SSSR count). The molecule has 2 unspecified atom stereocenters. The fourth-order valence-corrected chi connectivity index (χ4v) is 3.32. The molecule has 0 radical (unpaired) electrons. The van der Waals surface area contributed by atoms with Gasteiger partial charge in [-0.3, -0.25) is 4.90 Å². The van der Waals surface area contributed by atoms with Crippen molar-refractivity contribution in [3.8, 4) is 0 Å². The third-order valence-corrected chi connectivity index (χ3v) is 4.35. The van der Waals surface area contributed by atoms with Gasteiger partial charge in [0.25, 0.3) is 0 Å². The lowest BCUT2D eigenvalue weighted by Crippen LogP contribution is -2.41. The molecule has 21 heavy (non-hydrogen) atoms. The Hall–Kier alpha value is -0.900. The molecule has 3 nitrogen and oxygen atoms in total. The molecule has 1 aliphatic rings. The Kier molecular flexibility index (Phi) is 7.20. The van der Waals surface area contributed by atoms with E-state index in [1.54, 1.807) is 0 Å². The Bertz CT molecular complexity index is 376. The van der Waals surface area contributed by atoms with Gasteiger partial charge in [-0.1, -0.05) is 37.3 Å². The Morgan fingerprint density at radius 1 is 1.33 bits per heavy atom. The van der Waals surface area contributed by atoms with Crippen LogP contribution in [0, 0.1) is 5.92 Å². The quantitative estimate of drug-likeness (QED) is 0.796. The highest BCUT2D eigenvalue weighted by molar-refractivity contribution is 5.19. The van der Waals surface area contributed by atoms with Crippen LogP contribution in [0.2, 0.25) is 0 Å². The van der Waals surface area contributed by atoms with Gasteiger partial charge in [0, 0.05) is 13.7 Å². The summed E-state index contributed by atoms with van der Waals surface area (Å²) in [6, 6.07) is 11.2. The zero-order valence-corrected chi connectivity index (χ0v) is 13.6. The molecule has 118 valence electrons. The third kappa shape index (κ3) is 5.10. The van der Waals surface area contributed by atoms with Gasteiger partial charge >= 0.3 is 0 Å². The van der Waals surface area contributed by atoms with E-state index in [0.29, 0.717) is 6.04 Å². The van der Waals surface area contributed by atoms with Crippen LogP contribution < -0.4 is 5.32 Å². The van der Waals surface area contributed by atoms with Gasteiger partial charge in [0.05, 0.1) is 12.6 Å². The maximum atomic E-state index is 5.52. The fraction of sp³-hybridized carbons (Fsp3) is 0.667. The lowest BCUT2D eigenvalue weighted by molar-refractivity contribution is 0.0746. The molecule has 1 aromatic carbocycles. The molecule has 0 saturated carbocycles. The SMILES string of the molecule is CCCN(CC1CCCNC1)C(COC)c1ccccc1. The van der Waals surface area contributed by atoms with Crippen molar-refractivity contribution in [2.24, 2.45) is 5.92 Å². The number of rotatable bonds is 8. The minimum absolute atomic E-state index is 0.373. The average Bonchev–Trinajstić information content (AvgIpc) is 2.54. The Morgan fingerprint density at radius 3 is 2.76 bits per heavy atom. The molecule has 0 spiro atoms. The van der Waals surface area contributed by atoms with Crippen molar-refractivity contribution in [3.05, 3.63) is 35.9 Å². The van der Waals surface area contributed by atoms with Crippen molar-refractivity contribution in [1.29, 1.82) is 0 Å². The summed E-state index contributed by atoms with van der Waals surface area (Å²) in [5, 5.41) is 3.54. The third-order valence-electron chi connectivity index (χ3n) is 4.35. The van der Waals surface area contributed by atoms with Crippen LogP contribution in [0.1, 0.15) is 37.8 Å². The van der Waals surface area contributed by atoms with E-state index in [4.69, 9.17) is 4.74 Å². The number of piperidine rings is 1. The lowest BCUT2D eigenvalue weighted by atomic mass is 9.97. The van der Waals surface area contributed by atoms with E-state index >= 15 is 0 Å². The Balaban J connectivity index is 2.07. The highest BCUT2D eigenvalue weighted by atomic mass is 16.5. The van der Waals surface area contributed by atoms with E-state index in [2.05, 4.69) is 47.5 Å². The highest BCUT2D eigenvalue weighted by Crippen LogP contribution is 2.24. The number of nitrogens with one attached hydrogen (secondary N) is 1. The minimum atomic E-state index is 0.373. The summed E-state index contributed by atoms with van der Waals surface area (Å²) in [5.74, 6) is 0.772. The topological polar surface area (TPSA) is 24.5 Å². The van der Waals surface area contributed by atoms with Gasteiger partial charge in [-0.2, -0.15) is 0 Å². The molecule has 1 saturated heterocycles. The second-order valence-corrected chi connectivity index (χ2v) is 6.09. The second-order valence-electron chi connectivity index (χ2n) is 6.09. The standard InChI is InChI=1S/C18H30N2O/c1-3-12-20(14-16-8-7-11-19-13-16)18(15-21-2)17-9-5-4-6-10-17/h4-6,9-10,16,18-19H,3,7-8,11-15H2,1-2H3. The molecule has 1 fully saturated rings. The van der Waals surface area contributed by atoms with Crippen LogP contribution in [0.25, 0.3) is 0 Å². The largest absolute Gasteiger partial charge is 0.383 e. The number of hydrogen-bond acceptors (Lipinski definition) is 3. The number of benzene rings is 1. The van der Waals surface area contributed by atoms with Crippen LogP contribution in [-0.2, 0) is 4.74 Å². The first-order valence-electron chi connectivity index (χ1n) is 8.33. The molecule has 2 atom stereocenters. The molecular weight excluding hydrogens is 260 g/mol. The molecule has 3 heteroatoms. The van der Waals surface area contributed by atoms with Gasteiger partial charge in [-0.05, 0) is 50.4 Å². The van der Waals surface area contributed by atoms with Crippen LogP contribution in [0.5, 0.6) is 0 Å². The number of methoxy groups -OCH3 is 1. The van der Waals surface area contributed by atoms with Crippen molar-refractivity contribution in [2.45, 2.75) is 32.2 Å². The molecule has 1 aromatic rings. The van der Waals surface area contributed by atoms with Crippen LogP contribution in [0.4, 0.5) is 0 Å². The van der Waals surface area contributed by atoms with Crippen molar-refractivity contribution in [3.63, 3.8) is 0 Å². The van der Waals surface area contributed by atoms with E-state index in [-0.39, 0.29) is 0 Å². The van der Waals surface area contributed by atoms with Gasteiger partial charge in [0.1, 0.15) is 0 Å². The van der Waals surface area contributed by atoms with Gasteiger partial charge < -0.3 is 10.1 Å². The normalized spacial score (nSPS) is 20.6. The predicted octanol–water partition coefficient (Wildman–Crippen LogP) is 3.09. The van der Waals surface area contributed by atoms with Gasteiger partial charge in [-0.15, -0.1) is 0 Å². The van der Waals surface area contributed by atoms with E-state index < -0.39 is 0 Å². The zero-order valence-electron chi connectivity index (χ0n) is 13.6. The van der Waals surface area contributed by atoms with Gasteiger partial charge in [0.2, 0.25) is 0 Å².